The van der Waals surface area contributed by atoms with Crippen LogP contribution >= 0.6 is 15.9 Å². The van der Waals surface area contributed by atoms with Crippen LogP contribution < -0.4 is 14.5 Å². The summed E-state index contributed by atoms with van der Waals surface area (Å²) in [5, 5.41) is 0. The molecule has 31 heavy (non-hydrogen) atoms. The molecule has 0 radical (unpaired) electrons. The van der Waals surface area contributed by atoms with Crippen LogP contribution in [0, 0.1) is 11.6 Å². The molecular weight excluding hydrogens is 470 g/mol. The van der Waals surface area contributed by atoms with E-state index >= 15 is 0 Å². The Kier molecular flexibility index (Phi) is 5.39. The summed E-state index contributed by atoms with van der Waals surface area (Å²) < 4.78 is 34.4. The predicted molar refractivity (Wildman–Crippen MR) is 115 cm³/mol. The summed E-state index contributed by atoms with van der Waals surface area (Å²) in [6.45, 7) is 2.03. The van der Waals surface area contributed by atoms with Crippen LogP contribution in [-0.4, -0.2) is 45.7 Å². The number of hydrogen-bond donors (Lipinski definition) is 0. The smallest absolute Gasteiger partial charge is 0.225 e. The molecule has 2 aliphatic rings. The molecule has 10 heteroatoms. The third-order valence-electron chi connectivity index (χ3n) is 5.53. The van der Waals surface area contributed by atoms with E-state index in [1.54, 1.807) is 6.07 Å². The van der Waals surface area contributed by atoms with Gasteiger partial charge in [-0.3, -0.25) is 0 Å². The highest BCUT2D eigenvalue weighted by atomic mass is 79.9. The first kappa shape index (κ1) is 20.0. The molecule has 1 fully saturated rings. The third kappa shape index (κ3) is 4.04. The van der Waals surface area contributed by atoms with Crippen molar-refractivity contribution in [3.05, 3.63) is 58.6 Å². The molecule has 0 unspecified atom stereocenters. The van der Waals surface area contributed by atoms with Crippen molar-refractivity contribution >= 4 is 33.4 Å². The van der Waals surface area contributed by atoms with Gasteiger partial charge >= 0.3 is 0 Å². The Bertz CT molecular complexity index is 1090. The number of fused-ring (bicyclic) bond motifs is 1. The van der Waals surface area contributed by atoms with Gasteiger partial charge in [-0.25, -0.2) is 28.7 Å². The van der Waals surface area contributed by atoms with Crippen molar-refractivity contribution in [3.63, 3.8) is 0 Å². The Labute approximate surface area is 186 Å². The summed E-state index contributed by atoms with van der Waals surface area (Å²) in [6, 6.07) is 5.00. The van der Waals surface area contributed by atoms with Crippen molar-refractivity contribution < 1.29 is 13.5 Å². The van der Waals surface area contributed by atoms with E-state index in [2.05, 4.69) is 35.9 Å². The molecule has 0 saturated carbocycles. The quantitative estimate of drug-likeness (QED) is 0.548. The van der Waals surface area contributed by atoms with Crippen LogP contribution in [-0.2, 0) is 6.42 Å². The molecule has 7 nitrogen and oxygen atoms in total. The van der Waals surface area contributed by atoms with E-state index in [1.165, 1.54) is 24.8 Å². The standard InChI is InChI=1S/C21H19BrF2N6O/c22-13-1-2-18(17(24)9-13)30-8-5-16-19(30)27-12-28-20(16)31-15-3-6-29(7-4-15)21-25-10-14(23)11-26-21/h1-2,9-12,15H,3-8H2. The maximum Gasteiger partial charge on any atom is 0.225 e. The molecule has 0 bridgehead atoms. The molecule has 1 aromatic carbocycles. The molecular formula is C21H19BrF2N6O. The average molecular weight is 489 g/mol. The van der Waals surface area contributed by atoms with E-state index in [1.807, 2.05) is 15.9 Å². The van der Waals surface area contributed by atoms with Crippen molar-refractivity contribution in [1.29, 1.82) is 0 Å². The molecule has 0 N–H and O–H groups in total. The zero-order valence-electron chi connectivity index (χ0n) is 16.5. The lowest BCUT2D eigenvalue weighted by atomic mass is 10.1. The van der Waals surface area contributed by atoms with Gasteiger partial charge < -0.3 is 14.5 Å². The fourth-order valence-electron chi connectivity index (χ4n) is 4.00. The molecule has 160 valence electrons. The number of nitrogens with zero attached hydrogens (tertiary/aromatic N) is 6. The molecule has 0 spiro atoms. The van der Waals surface area contributed by atoms with Gasteiger partial charge in [0, 0.05) is 36.9 Å². The lowest BCUT2D eigenvalue weighted by molar-refractivity contribution is 0.162. The number of rotatable bonds is 4. The number of piperidine rings is 1. The van der Waals surface area contributed by atoms with Gasteiger partial charge in [-0.2, -0.15) is 0 Å². The zero-order valence-corrected chi connectivity index (χ0v) is 18.1. The molecule has 1 saturated heterocycles. The van der Waals surface area contributed by atoms with Crippen LogP contribution in [0.3, 0.4) is 0 Å². The van der Waals surface area contributed by atoms with E-state index in [-0.39, 0.29) is 11.9 Å². The van der Waals surface area contributed by atoms with E-state index < -0.39 is 5.82 Å². The molecule has 0 amide bonds. The SMILES string of the molecule is Fc1cnc(N2CCC(Oc3ncnc4c3CCN4c3ccc(Br)cc3F)CC2)nc1. The molecule has 0 atom stereocenters. The Morgan fingerprint density at radius 1 is 1.00 bits per heavy atom. The predicted octanol–water partition coefficient (Wildman–Crippen LogP) is 4.05. The summed E-state index contributed by atoms with van der Waals surface area (Å²) in [5.74, 6) is 1.01. The number of halogens is 3. The molecule has 3 aromatic rings. The first-order valence-corrected chi connectivity index (χ1v) is 10.8. The second-order valence-electron chi connectivity index (χ2n) is 7.48. The van der Waals surface area contributed by atoms with Crippen LogP contribution in [0.5, 0.6) is 5.88 Å². The van der Waals surface area contributed by atoms with Gasteiger partial charge in [-0.1, -0.05) is 15.9 Å². The van der Waals surface area contributed by atoms with Gasteiger partial charge in [0.15, 0.2) is 5.82 Å². The summed E-state index contributed by atoms with van der Waals surface area (Å²) in [5.41, 5.74) is 1.38. The van der Waals surface area contributed by atoms with Gasteiger partial charge in [-0.15, -0.1) is 0 Å². The van der Waals surface area contributed by atoms with Crippen molar-refractivity contribution in [2.75, 3.05) is 29.4 Å². The van der Waals surface area contributed by atoms with Crippen LogP contribution in [0.1, 0.15) is 18.4 Å². The van der Waals surface area contributed by atoms with Crippen molar-refractivity contribution in [2.45, 2.75) is 25.4 Å². The number of aromatic nitrogens is 4. The highest BCUT2D eigenvalue weighted by molar-refractivity contribution is 9.10. The highest BCUT2D eigenvalue weighted by Gasteiger charge is 2.30. The van der Waals surface area contributed by atoms with Gasteiger partial charge in [0.2, 0.25) is 11.8 Å². The fraction of sp³-hybridized carbons (Fsp3) is 0.333. The number of benzene rings is 1. The largest absolute Gasteiger partial charge is 0.474 e. The van der Waals surface area contributed by atoms with E-state index in [0.717, 1.165) is 18.4 Å². The third-order valence-corrected chi connectivity index (χ3v) is 6.03. The molecule has 2 aliphatic heterocycles. The second-order valence-corrected chi connectivity index (χ2v) is 8.40. The minimum absolute atomic E-state index is 0.00540. The zero-order chi connectivity index (χ0) is 21.4. The Morgan fingerprint density at radius 2 is 1.77 bits per heavy atom. The summed E-state index contributed by atoms with van der Waals surface area (Å²) >= 11 is 3.29. The van der Waals surface area contributed by atoms with Crippen molar-refractivity contribution in [2.24, 2.45) is 0 Å². The summed E-state index contributed by atoms with van der Waals surface area (Å²) in [7, 11) is 0. The minimum atomic E-state index is -0.448. The molecule has 0 aliphatic carbocycles. The van der Waals surface area contributed by atoms with Crippen LogP contribution in [0.4, 0.5) is 26.2 Å². The van der Waals surface area contributed by atoms with Gasteiger partial charge in [0.25, 0.3) is 0 Å². The highest BCUT2D eigenvalue weighted by Crippen LogP contribution is 2.38. The Hall–Kier alpha value is -2.88. The first-order valence-electron chi connectivity index (χ1n) is 10.0. The Morgan fingerprint density at radius 3 is 2.52 bits per heavy atom. The van der Waals surface area contributed by atoms with Gasteiger partial charge in [0.05, 0.1) is 23.6 Å². The topological polar surface area (TPSA) is 67.3 Å². The fourth-order valence-corrected chi connectivity index (χ4v) is 4.34. The lowest BCUT2D eigenvalue weighted by Gasteiger charge is -2.32. The second kappa shape index (κ2) is 8.33. The van der Waals surface area contributed by atoms with Crippen LogP contribution in [0.15, 0.2) is 41.4 Å². The average Bonchev–Trinajstić information content (AvgIpc) is 3.20. The summed E-state index contributed by atoms with van der Waals surface area (Å²) in [4.78, 5) is 20.7. The molecule has 2 aromatic heterocycles. The first-order chi connectivity index (χ1) is 15.1. The minimum Gasteiger partial charge on any atom is -0.474 e. The Balaban J connectivity index is 1.29. The molecule has 4 heterocycles. The summed E-state index contributed by atoms with van der Waals surface area (Å²) in [6.07, 6.45) is 6.03. The van der Waals surface area contributed by atoms with Crippen molar-refractivity contribution in [1.82, 2.24) is 19.9 Å². The van der Waals surface area contributed by atoms with Crippen LogP contribution in [0.25, 0.3) is 0 Å². The molecule has 5 rings (SSSR count). The van der Waals surface area contributed by atoms with E-state index in [4.69, 9.17) is 4.74 Å². The van der Waals surface area contributed by atoms with Gasteiger partial charge in [0.1, 0.15) is 24.1 Å². The number of anilines is 3. The van der Waals surface area contributed by atoms with Gasteiger partial charge in [-0.05, 0) is 24.6 Å². The lowest BCUT2D eigenvalue weighted by Crippen LogP contribution is -2.39. The van der Waals surface area contributed by atoms with Crippen molar-refractivity contribution in [3.8, 4) is 5.88 Å². The number of ether oxygens (including phenoxy) is 1. The maximum absolute atomic E-state index is 14.5. The van der Waals surface area contributed by atoms with E-state index in [9.17, 15) is 8.78 Å². The maximum atomic E-state index is 14.5. The van der Waals surface area contributed by atoms with E-state index in [0.29, 0.717) is 53.9 Å². The number of hydrogen-bond acceptors (Lipinski definition) is 7. The van der Waals surface area contributed by atoms with Crippen LogP contribution in [0.2, 0.25) is 0 Å². The monoisotopic (exact) mass is 488 g/mol. The normalized spacial score (nSPS) is 16.5.